The van der Waals surface area contributed by atoms with Gasteiger partial charge in [0.05, 0.1) is 0 Å². The predicted octanol–water partition coefficient (Wildman–Crippen LogP) is 1.39. The van der Waals surface area contributed by atoms with Crippen LogP contribution in [0.5, 0.6) is 0 Å². The van der Waals surface area contributed by atoms with E-state index >= 15 is 0 Å². The Morgan fingerprint density at radius 1 is 1.05 bits per heavy atom. The van der Waals surface area contributed by atoms with Gasteiger partial charge in [0.2, 0.25) is 5.91 Å². The lowest BCUT2D eigenvalue weighted by Crippen LogP contribution is -2.50. The van der Waals surface area contributed by atoms with Gasteiger partial charge in [-0.25, -0.2) is 4.39 Å². The van der Waals surface area contributed by atoms with Gasteiger partial charge in [-0.15, -0.1) is 0 Å². The first-order valence-corrected chi connectivity index (χ1v) is 7.75. The molecule has 0 spiro atoms. The molecule has 4 nitrogen and oxygen atoms in total. The van der Waals surface area contributed by atoms with Crippen LogP contribution in [-0.2, 0) is 4.79 Å². The van der Waals surface area contributed by atoms with Gasteiger partial charge in [0.1, 0.15) is 11.9 Å². The number of hydrogen-bond donors (Lipinski definition) is 1. The number of nitrogens with one attached hydrogen (secondary N) is 1. The van der Waals surface area contributed by atoms with Gasteiger partial charge in [0.25, 0.3) is 0 Å². The molecule has 3 rings (SSSR count). The minimum absolute atomic E-state index is 0.157. The lowest BCUT2D eigenvalue weighted by molar-refractivity contribution is -0.137. The second kappa shape index (κ2) is 6.54. The molecule has 0 aromatic heterocycles. The van der Waals surface area contributed by atoms with Gasteiger partial charge in [-0.3, -0.25) is 9.69 Å². The van der Waals surface area contributed by atoms with Crippen LogP contribution in [-0.4, -0.2) is 55.0 Å². The quantitative estimate of drug-likeness (QED) is 0.914. The number of likely N-dealkylation sites (tertiary alicyclic amines) is 1. The molecule has 2 heterocycles. The Labute approximate surface area is 124 Å². The SMILES string of the molecule is O=C(C(c1ccc(F)cc1)N1CCCC1)N1CCNCC1. The fourth-order valence-electron chi connectivity index (χ4n) is 3.21. The maximum absolute atomic E-state index is 13.2. The van der Waals surface area contributed by atoms with Crippen molar-refractivity contribution in [3.63, 3.8) is 0 Å². The number of halogens is 1. The minimum Gasteiger partial charge on any atom is -0.338 e. The summed E-state index contributed by atoms with van der Waals surface area (Å²) in [5.74, 6) is -0.0986. The van der Waals surface area contributed by atoms with Gasteiger partial charge >= 0.3 is 0 Å². The molecule has 114 valence electrons. The fourth-order valence-corrected chi connectivity index (χ4v) is 3.21. The summed E-state index contributed by atoms with van der Waals surface area (Å²) in [7, 11) is 0. The summed E-state index contributed by atoms with van der Waals surface area (Å²) in [6.45, 7) is 5.10. The first-order valence-electron chi connectivity index (χ1n) is 7.75. The third-order valence-electron chi connectivity index (χ3n) is 4.35. The Kier molecular flexibility index (Phi) is 4.51. The number of nitrogens with zero attached hydrogens (tertiary/aromatic N) is 2. The van der Waals surface area contributed by atoms with Gasteiger partial charge in [-0.2, -0.15) is 0 Å². The summed E-state index contributed by atoms with van der Waals surface area (Å²) >= 11 is 0. The molecule has 2 fully saturated rings. The molecule has 21 heavy (non-hydrogen) atoms. The zero-order valence-corrected chi connectivity index (χ0v) is 12.2. The van der Waals surface area contributed by atoms with Crippen LogP contribution >= 0.6 is 0 Å². The second-order valence-corrected chi connectivity index (χ2v) is 5.77. The van der Waals surface area contributed by atoms with E-state index in [1.54, 1.807) is 12.1 Å². The van der Waals surface area contributed by atoms with Crippen molar-refractivity contribution < 1.29 is 9.18 Å². The van der Waals surface area contributed by atoms with Crippen LogP contribution in [0.25, 0.3) is 0 Å². The highest BCUT2D eigenvalue weighted by molar-refractivity contribution is 5.83. The van der Waals surface area contributed by atoms with Crippen LogP contribution in [0.1, 0.15) is 24.4 Å². The van der Waals surface area contributed by atoms with E-state index in [9.17, 15) is 9.18 Å². The summed E-state index contributed by atoms with van der Waals surface area (Å²) in [5.41, 5.74) is 0.904. The Bertz CT molecular complexity index is 479. The van der Waals surface area contributed by atoms with Crippen molar-refractivity contribution in [1.82, 2.24) is 15.1 Å². The van der Waals surface area contributed by atoms with E-state index in [1.165, 1.54) is 12.1 Å². The van der Waals surface area contributed by atoms with E-state index in [2.05, 4.69) is 10.2 Å². The zero-order valence-electron chi connectivity index (χ0n) is 12.2. The van der Waals surface area contributed by atoms with Crippen molar-refractivity contribution in [2.45, 2.75) is 18.9 Å². The van der Waals surface area contributed by atoms with Gasteiger partial charge in [0.15, 0.2) is 0 Å². The molecular formula is C16H22FN3O. The number of carbonyl (C=O) groups is 1. The standard InChI is InChI=1S/C16H22FN3O/c17-14-5-3-13(4-6-14)15(19-9-1-2-10-19)16(21)20-11-7-18-8-12-20/h3-6,15,18H,1-2,7-12H2. The average Bonchev–Trinajstić information content (AvgIpc) is 3.04. The van der Waals surface area contributed by atoms with Crippen LogP contribution in [0.15, 0.2) is 24.3 Å². The predicted molar refractivity (Wildman–Crippen MR) is 79.4 cm³/mol. The maximum Gasteiger partial charge on any atom is 0.244 e. The van der Waals surface area contributed by atoms with Gasteiger partial charge in [-0.05, 0) is 43.6 Å². The van der Waals surface area contributed by atoms with Crippen LogP contribution in [0.2, 0.25) is 0 Å². The van der Waals surface area contributed by atoms with Crippen molar-refractivity contribution in [2.75, 3.05) is 39.3 Å². The maximum atomic E-state index is 13.2. The largest absolute Gasteiger partial charge is 0.338 e. The molecule has 0 radical (unpaired) electrons. The highest BCUT2D eigenvalue weighted by Gasteiger charge is 2.33. The fraction of sp³-hybridized carbons (Fsp3) is 0.562. The Morgan fingerprint density at radius 3 is 2.29 bits per heavy atom. The van der Waals surface area contributed by atoms with E-state index < -0.39 is 0 Å². The molecule has 0 bridgehead atoms. The van der Waals surface area contributed by atoms with Crippen molar-refractivity contribution in [2.24, 2.45) is 0 Å². The van der Waals surface area contributed by atoms with Crippen molar-refractivity contribution >= 4 is 5.91 Å². The zero-order chi connectivity index (χ0) is 14.7. The molecule has 1 N–H and O–H groups in total. The topological polar surface area (TPSA) is 35.6 Å². The minimum atomic E-state index is -0.258. The number of piperazine rings is 1. The van der Waals surface area contributed by atoms with E-state index in [4.69, 9.17) is 0 Å². The molecule has 1 aromatic rings. The molecule has 1 atom stereocenters. The Morgan fingerprint density at radius 2 is 1.67 bits per heavy atom. The van der Waals surface area contributed by atoms with Crippen molar-refractivity contribution in [1.29, 1.82) is 0 Å². The number of rotatable bonds is 3. The van der Waals surface area contributed by atoms with Gasteiger partial charge in [0, 0.05) is 26.2 Å². The molecule has 1 amide bonds. The molecule has 2 aliphatic heterocycles. The number of carbonyl (C=O) groups excluding carboxylic acids is 1. The van der Waals surface area contributed by atoms with Crippen molar-refractivity contribution in [3.8, 4) is 0 Å². The normalized spacial score (nSPS) is 21.5. The Balaban J connectivity index is 1.84. The highest BCUT2D eigenvalue weighted by Crippen LogP contribution is 2.27. The molecular weight excluding hydrogens is 269 g/mol. The average molecular weight is 291 g/mol. The summed E-state index contributed by atoms with van der Waals surface area (Å²) in [5, 5.41) is 3.27. The summed E-state index contributed by atoms with van der Waals surface area (Å²) in [6.07, 6.45) is 2.26. The van der Waals surface area contributed by atoms with Crippen LogP contribution in [0.4, 0.5) is 4.39 Å². The van der Waals surface area contributed by atoms with E-state index in [0.717, 1.165) is 57.7 Å². The molecule has 0 saturated carbocycles. The highest BCUT2D eigenvalue weighted by atomic mass is 19.1. The lowest BCUT2D eigenvalue weighted by atomic mass is 10.0. The van der Waals surface area contributed by atoms with E-state index in [1.807, 2.05) is 4.90 Å². The van der Waals surface area contributed by atoms with Crippen LogP contribution in [0, 0.1) is 5.82 Å². The van der Waals surface area contributed by atoms with Gasteiger partial charge in [-0.1, -0.05) is 12.1 Å². The summed E-state index contributed by atoms with van der Waals surface area (Å²) in [4.78, 5) is 17.1. The number of amides is 1. The first kappa shape index (κ1) is 14.5. The third kappa shape index (κ3) is 3.24. The monoisotopic (exact) mass is 291 g/mol. The first-order chi connectivity index (χ1) is 10.3. The number of hydrogen-bond acceptors (Lipinski definition) is 3. The molecule has 2 aliphatic rings. The summed E-state index contributed by atoms with van der Waals surface area (Å²) in [6, 6.07) is 6.13. The molecule has 1 aromatic carbocycles. The van der Waals surface area contributed by atoms with Gasteiger partial charge < -0.3 is 10.2 Å². The molecule has 5 heteroatoms. The molecule has 0 aliphatic carbocycles. The lowest BCUT2D eigenvalue weighted by Gasteiger charge is -2.34. The smallest absolute Gasteiger partial charge is 0.244 e. The Hall–Kier alpha value is -1.46. The van der Waals surface area contributed by atoms with Crippen LogP contribution in [0.3, 0.4) is 0 Å². The second-order valence-electron chi connectivity index (χ2n) is 5.77. The van der Waals surface area contributed by atoms with Crippen LogP contribution < -0.4 is 5.32 Å². The molecule has 1 unspecified atom stereocenters. The van der Waals surface area contributed by atoms with E-state index in [0.29, 0.717) is 0 Å². The summed E-state index contributed by atoms with van der Waals surface area (Å²) < 4.78 is 13.2. The number of benzene rings is 1. The third-order valence-corrected chi connectivity index (χ3v) is 4.35. The molecule has 2 saturated heterocycles. The van der Waals surface area contributed by atoms with Crippen molar-refractivity contribution in [3.05, 3.63) is 35.6 Å². The van der Waals surface area contributed by atoms with E-state index in [-0.39, 0.29) is 17.8 Å².